The van der Waals surface area contributed by atoms with Gasteiger partial charge < -0.3 is 5.32 Å². The summed E-state index contributed by atoms with van der Waals surface area (Å²) < 4.78 is 0. The summed E-state index contributed by atoms with van der Waals surface area (Å²) in [4.78, 5) is 14.1. The second kappa shape index (κ2) is 6.21. The number of amides is 1. The number of hydrogen-bond donors (Lipinski definition) is 1. The van der Waals surface area contributed by atoms with Gasteiger partial charge in [0.1, 0.15) is 0 Å². The van der Waals surface area contributed by atoms with Crippen LogP contribution in [-0.4, -0.2) is 30.4 Å². The van der Waals surface area contributed by atoms with E-state index in [1.807, 2.05) is 12.1 Å². The van der Waals surface area contributed by atoms with Crippen molar-refractivity contribution < 1.29 is 4.79 Å². The molecule has 18 heavy (non-hydrogen) atoms. The van der Waals surface area contributed by atoms with Crippen LogP contribution < -0.4 is 5.32 Å². The van der Waals surface area contributed by atoms with Crippen LogP contribution in [0.1, 0.15) is 19.8 Å². The topological polar surface area (TPSA) is 32.3 Å². The number of carbonyl (C=O) groups excluding carboxylic acids is 1. The van der Waals surface area contributed by atoms with Crippen LogP contribution in [0, 0.1) is 5.92 Å². The Labute approximate surface area is 113 Å². The summed E-state index contributed by atoms with van der Waals surface area (Å²) in [7, 11) is 0. The molecule has 0 aliphatic carbocycles. The summed E-state index contributed by atoms with van der Waals surface area (Å²) in [5, 5.41) is 3.52. The number of halogens is 1. The fraction of sp³-hybridized carbons (Fsp3) is 0.500. The lowest BCUT2D eigenvalue weighted by Gasteiger charge is -2.30. The number of likely N-dealkylation sites (tertiary alicyclic amines) is 1. The van der Waals surface area contributed by atoms with E-state index in [2.05, 4.69) is 17.1 Å². The molecule has 0 aromatic heterocycles. The quantitative estimate of drug-likeness (QED) is 0.912. The number of carbonyl (C=O) groups is 1. The third-order valence-electron chi connectivity index (χ3n) is 3.22. The van der Waals surface area contributed by atoms with Crippen LogP contribution in [0.4, 0.5) is 5.69 Å². The first kappa shape index (κ1) is 13.4. The van der Waals surface area contributed by atoms with Crippen LogP contribution in [0.25, 0.3) is 0 Å². The normalized spacial score (nSPS) is 20.7. The Balaban J connectivity index is 1.85. The van der Waals surface area contributed by atoms with Crippen molar-refractivity contribution in [2.24, 2.45) is 5.92 Å². The molecule has 1 aromatic rings. The molecule has 0 spiro atoms. The van der Waals surface area contributed by atoms with E-state index in [0.717, 1.165) is 18.8 Å². The molecule has 0 saturated carbocycles. The van der Waals surface area contributed by atoms with Gasteiger partial charge in [-0.15, -0.1) is 0 Å². The van der Waals surface area contributed by atoms with Gasteiger partial charge in [0.25, 0.3) is 0 Å². The lowest BCUT2D eigenvalue weighted by molar-refractivity contribution is -0.117. The second-order valence-electron chi connectivity index (χ2n) is 5.04. The number of nitrogens with one attached hydrogen (secondary N) is 1. The molecule has 1 unspecified atom stereocenters. The van der Waals surface area contributed by atoms with Crippen molar-refractivity contribution in [3.8, 4) is 0 Å². The summed E-state index contributed by atoms with van der Waals surface area (Å²) in [6.07, 6.45) is 2.46. The summed E-state index contributed by atoms with van der Waals surface area (Å²) in [6, 6.07) is 7.24. The number of hydrogen-bond acceptors (Lipinski definition) is 2. The molecule has 4 heteroatoms. The zero-order valence-electron chi connectivity index (χ0n) is 10.7. The van der Waals surface area contributed by atoms with Crippen molar-refractivity contribution >= 4 is 23.2 Å². The average molecular weight is 267 g/mol. The van der Waals surface area contributed by atoms with Gasteiger partial charge >= 0.3 is 0 Å². The minimum atomic E-state index is 0.0337. The first-order chi connectivity index (χ1) is 8.63. The fourth-order valence-electron chi connectivity index (χ4n) is 2.40. The Kier molecular flexibility index (Phi) is 4.61. The Bertz CT molecular complexity index is 422. The van der Waals surface area contributed by atoms with Gasteiger partial charge in [0.2, 0.25) is 5.91 Å². The van der Waals surface area contributed by atoms with Gasteiger partial charge in [-0.3, -0.25) is 9.69 Å². The molecule has 3 nitrogen and oxygen atoms in total. The zero-order valence-corrected chi connectivity index (χ0v) is 11.4. The van der Waals surface area contributed by atoms with Crippen LogP contribution >= 0.6 is 11.6 Å². The van der Waals surface area contributed by atoms with Crippen molar-refractivity contribution in [3.05, 3.63) is 29.3 Å². The highest BCUT2D eigenvalue weighted by atomic mass is 35.5. The molecule has 1 saturated heterocycles. The molecule has 2 rings (SSSR count). The van der Waals surface area contributed by atoms with Crippen molar-refractivity contribution in [1.29, 1.82) is 0 Å². The summed E-state index contributed by atoms with van der Waals surface area (Å²) >= 11 is 5.88. The first-order valence-electron chi connectivity index (χ1n) is 6.41. The molecule has 1 heterocycles. The summed E-state index contributed by atoms with van der Waals surface area (Å²) in [5.41, 5.74) is 0.762. The predicted molar refractivity (Wildman–Crippen MR) is 74.9 cm³/mol. The van der Waals surface area contributed by atoms with Gasteiger partial charge in [0, 0.05) is 17.3 Å². The monoisotopic (exact) mass is 266 g/mol. The third kappa shape index (κ3) is 4.00. The first-order valence-corrected chi connectivity index (χ1v) is 6.79. The zero-order chi connectivity index (χ0) is 13.0. The molecule has 1 N–H and O–H groups in total. The average Bonchev–Trinajstić information content (AvgIpc) is 2.28. The standard InChI is InChI=1S/C14H19ClN2O/c1-11-4-3-7-17(9-11)10-14(18)16-13-6-2-5-12(15)8-13/h2,5-6,8,11H,3-4,7,9-10H2,1H3,(H,16,18). The molecule has 1 aliphatic heterocycles. The maximum absolute atomic E-state index is 11.9. The van der Waals surface area contributed by atoms with Crippen LogP contribution in [-0.2, 0) is 4.79 Å². The van der Waals surface area contributed by atoms with E-state index < -0.39 is 0 Å². The molecule has 1 amide bonds. The number of piperidine rings is 1. The van der Waals surface area contributed by atoms with Crippen molar-refractivity contribution in [3.63, 3.8) is 0 Å². The molecule has 1 fully saturated rings. The molecule has 0 bridgehead atoms. The minimum Gasteiger partial charge on any atom is -0.325 e. The molecule has 1 aliphatic rings. The molecule has 98 valence electrons. The maximum atomic E-state index is 11.9. The van der Waals surface area contributed by atoms with Crippen molar-refractivity contribution in [1.82, 2.24) is 4.90 Å². The molecular weight excluding hydrogens is 248 g/mol. The van der Waals surface area contributed by atoms with Gasteiger partial charge in [-0.05, 0) is 43.5 Å². The van der Waals surface area contributed by atoms with E-state index in [4.69, 9.17) is 11.6 Å². The molecule has 0 radical (unpaired) electrons. The Morgan fingerprint density at radius 1 is 1.56 bits per heavy atom. The van der Waals surface area contributed by atoms with Gasteiger partial charge in [0.15, 0.2) is 0 Å². The number of anilines is 1. The van der Waals surface area contributed by atoms with Crippen molar-refractivity contribution in [2.75, 3.05) is 25.0 Å². The fourth-order valence-corrected chi connectivity index (χ4v) is 2.59. The smallest absolute Gasteiger partial charge is 0.238 e. The Morgan fingerprint density at radius 2 is 2.39 bits per heavy atom. The van der Waals surface area contributed by atoms with Crippen LogP contribution in [0.5, 0.6) is 0 Å². The van der Waals surface area contributed by atoms with E-state index in [0.29, 0.717) is 17.5 Å². The van der Waals surface area contributed by atoms with E-state index >= 15 is 0 Å². The minimum absolute atomic E-state index is 0.0337. The number of nitrogens with zero attached hydrogens (tertiary/aromatic N) is 1. The SMILES string of the molecule is CC1CCCN(CC(=O)Nc2cccc(Cl)c2)C1. The number of rotatable bonds is 3. The molecule has 1 aromatic carbocycles. The third-order valence-corrected chi connectivity index (χ3v) is 3.45. The summed E-state index contributed by atoms with van der Waals surface area (Å²) in [5.74, 6) is 0.726. The highest BCUT2D eigenvalue weighted by molar-refractivity contribution is 6.30. The molecular formula is C14H19ClN2O. The van der Waals surface area contributed by atoms with Gasteiger partial charge in [-0.25, -0.2) is 0 Å². The lowest BCUT2D eigenvalue weighted by Crippen LogP contribution is -2.39. The predicted octanol–water partition coefficient (Wildman–Crippen LogP) is 3.01. The number of benzene rings is 1. The summed E-state index contributed by atoms with van der Waals surface area (Å²) in [6.45, 7) is 4.74. The van der Waals surface area contributed by atoms with Gasteiger partial charge in [-0.2, -0.15) is 0 Å². The van der Waals surface area contributed by atoms with Gasteiger partial charge in [-0.1, -0.05) is 24.6 Å². The Hall–Kier alpha value is -1.06. The maximum Gasteiger partial charge on any atom is 0.238 e. The van der Waals surface area contributed by atoms with E-state index in [1.54, 1.807) is 12.1 Å². The van der Waals surface area contributed by atoms with Crippen LogP contribution in [0.2, 0.25) is 5.02 Å². The Morgan fingerprint density at radius 3 is 3.11 bits per heavy atom. The highest BCUT2D eigenvalue weighted by Gasteiger charge is 2.18. The molecule has 1 atom stereocenters. The van der Waals surface area contributed by atoms with Crippen LogP contribution in [0.15, 0.2) is 24.3 Å². The lowest BCUT2D eigenvalue weighted by atomic mass is 10.0. The van der Waals surface area contributed by atoms with E-state index in [1.165, 1.54) is 12.8 Å². The van der Waals surface area contributed by atoms with E-state index in [9.17, 15) is 4.79 Å². The van der Waals surface area contributed by atoms with Crippen molar-refractivity contribution in [2.45, 2.75) is 19.8 Å². The van der Waals surface area contributed by atoms with E-state index in [-0.39, 0.29) is 5.91 Å². The highest BCUT2D eigenvalue weighted by Crippen LogP contribution is 2.17. The second-order valence-corrected chi connectivity index (χ2v) is 5.48. The van der Waals surface area contributed by atoms with Crippen LogP contribution in [0.3, 0.4) is 0 Å². The largest absolute Gasteiger partial charge is 0.325 e. The van der Waals surface area contributed by atoms with Gasteiger partial charge in [0.05, 0.1) is 6.54 Å².